The fourth-order valence-corrected chi connectivity index (χ4v) is 4.62. The van der Waals surface area contributed by atoms with Gasteiger partial charge in [0, 0.05) is 30.6 Å². The Labute approximate surface area is 210 Å². The lowest BCUT2D eigenvalue weighted by Crippen LogP contribution is -2.71. The summed E-state index contributed by atoms with van der Waals surface area (Å²) in [6.07, 6.45) is 7.43. The fraction of sp³-hybridized carbons (Fsp3) is 0.154. The molecule has 6 rings (SSSR count). The molecule has 0 unspecified atom stereocenters. The monoisotopic (exact) mass is 496 g/mol. The van der Waals surface area contributed by atoms with E-state index in [4.69, 9.17) is 9.15 Å². The zero-order chi connectivity index (χ0) is 25.4. The quantitative estimate of drug-likeness (QED) is 0.398. The topological polar surface area (TPSA) is 140 Å². The van der Waals surface area contributed by atoms with Gasteiger partial charge in [-0.05, 0) is 55.3 Å². The Hall–Kier alpha value is -5.06. The molecule has 184 valence electrons. The van der Waals surface area contributed by atoms with Gasteiger partial charge in [-0.25, -0.2) is 14.8 Å². The predicted molar refractivity (Wildman–Crippen MR) is 130 cm³/mol. The third kappa shape index (κ3) is 3.96. The number of hydrogen-bond donors (Lipinski definition) is 2. The van der Waals surface area contributed by atoms with E-state index >= 15 is 0 Å². The Bertz CT molecular complexity index is 1460. The van der Waals surface area contributed by atoms with Crippen molar-refractivity contribution in [1.82, 2.24) is 25.6 Å². The molecule has 11 nitrogen and oxygen atoms in total. The molecule has 4 aromatic rings. The highest BCUT2D eigenvalue weighted by atomic mass is 16.5. The van der Waals surface area contributed by atoms with Gasteiger partial charge in [0.15, 0.2) is 5.54 Å². The van der Waals surface area contributed by atoms with Crippen LogP contribution in [0.1, 0.15) is 12.8 Å². The molecule has 2 aliphatic rings. The lowest BCUT2D eigenvalue weighted by Gasteiger charge is -2.38. The number of anilines is 1. The first-order chi connectivity index (χ1) is 18.0. The van der Waals surface area contributed by atoms with E-state index in [1.807, 2.05) is 24.3 Å². The van der Waals surface area contributed by atoms with Gasteiger partial charge < -0.3 is 14.1 Å². The second kappa shape index (κ2) is 8.86. The lowest BCUT2D eigenvalue weighted by molar-refractivity contribution is -0.137. The van der Waals surface area contributed by atoms with Crippen LogP contribution >= 0.6 is 0 Å². The highest BCUT2D eigenvalue weighted by Gasteiger charge is 2.57. The SMILES string of the molecule is O=C1NC(=O)C2(CCCN2c2ccc(Oc3ccc(-c4coc(-c5cccnc5)n4)cc3)nc2)C(=O)N1. The van der Waals surface area contributed by atoms with Crippen LogP contribution in [-0.2, 0) is 9.59 Å². The van der Waals surface area contributed by atoms with Gasteiger partial charge in [0.2, 0.25) is 11.8 Å². The fourth-order valence-electron chi connectivity index (χ4n) is 4.62. The molecular weight excluding hydrogens is 476 g/mol. The van der Waals surface area contributed by atoms with Crippen LogP contribution in [0.5, 0.6) is 11.6 Å². The number of carbonyl (C=O) groups is 3. The molecule has 5 heterocycles. The number of amides is 4. The van der Waals surface area contributed by atoms with Crippen LogP contribution in [0.2, 0.25) is 0 Å². The largest absolute Gasteiger partial charge is 0.444 e. The highest BCUT2D eigenvalue weighted by Crippen LogP contribution is 2.36. The number of nitrogens with zero attached hydrogens (tertiary/aromatic N) is 4. The molecular formula is C26H20N6O5. The number of nitrogens with one attached hydrogen (secondary N) is 2. The van der Waals surface area contributed by atoms with Gasteiger partial charge in [0.1, 0.15) is 17.7 Å². The molecule has 11 heteroatoms. The van der Waals surface area contributed by atoms with E-state index in [-0.39, 0.29) is 0 Å². The molecule has 1 aromatic carbocycles. The molecule has 2 aliphatic heterocycles. The van der Waals surface area contributed by atoms with E-state index in [2.05, 4.69) is 25.6 Å². The summed E-state index contributed by atoms with van der Waals surface area (Å²) in [5.41, 5.74) is 1.45. The molecule has 0 radical (unpaired) electrons. The van der Waals surface area contributed by atoms with Crippen LogP contribution in [0.25, 0.3) is 22.7 Å². The maximum absolute atomic E-state index is 12.6. The number of rotatable bonds is 5. The molecule has 0 bridgehead atoms. The van der Waals surface area contributed by atoms with E-state index in [0.717, 1.165) is 11.1 Å². The molecule has 0 saturated carbocycles. The third-order valence-electron chi connectivity index (χ3n) is 6.40. The van der Waals surface area contributed by atoms with Crippen LogP contribution in [0.4, 0.5) is 10.5 Å². The Morgan fingerprint density at radius 2 is 1.76 bits per heavy atom. The van der Waals surface area contributed by atoms with E-state index in [1.54, 1.807) is 54.0 Å². The first-order valence-corrected chi connectivity index (χ1v) is 11.6. The smallest absolute Gasteiger partial charge is 0.328 e. The number of aromatic nitrogens is 3. The normalized spacial score (nSPS) is 16.5. The minimum Gasteiger partial charge on any atom is -0.444 e. The van der Waals surface area contributed by atoms with E-state index in [9.17, 15) is 14.4 Å². The van der Waals surface area contributed by atoms with Gasteiger partial charge in [0.25, 0.3) is 11.8 Å². The van der Waals surface area contributed by atoms with Gasteiger partial charge in [-0.2, -0.15) is 0 Å². The summed E-state index contributed by atoms with van der Waals surface area (Å²) in [6.45, 7) is 0.475. The van der Waals surface area contributed by atoms with Crippen molar-refractivity contribution in [3.63, 3.8) is 0 Å². The van der Waals surface area contributed by atoms with Gasteiger partial charge in [-0.15, -0.1) is 0 Å². The van der Waals surface area contributed by atoms with E-state index in [1.165, 1.54) is 0 Å². The number of oxazole rings is 1. The van der Waals surface area contributed by atoms with Gasteiger partial charge in [-0.3, -0.25) is 25.2 Å². The summed E-state index contributed by atoms with van der Waals surface area (Å²) in [7, 11) is 0. The van der Waals surface area contributed by atoms with Crippen LogP contribution in [0.15, 0.2) is 77.8 Å². The summed E-state index contributed by atoms with van der Waals surface area (Å²) >= 11 is 0. The number of ether oxygens (including phenoxy) is 1. The van der Waals surface area contributed by atoms with Gasteiger partial charge in [0.05, 0.1) is 17.4 Å². The van der Waals surface area contributed by atoms with Crippen LogP contribution in [0, 0.1) is 0 Å². The number of barbiturate groups is 1. The highest BCUT2D eigenvalue weighted by molar-refractivity contribution is 6.24. The number of pyridine rings is 2. The molecule has 37 heavy (non-hydrogen) atoms. The van der Waals surface area contributed by atoms with Crippen molar-refractivity contribution < 1.29 is 23.5 Å². The van der Waals surface area contributed by atoms with Crippen LogP contribution in [0.3, 0.4) is 0 Å². The molecule has 3 aromatic heterocycles. The van der Waals surface area contributed by atoms with Crippen molar-refractivity contribution in [1.29, 1.82) is 0 Å². The molecule has 2 N–H and O–H groups in total. The second-order valence-electron chi connectivity index (χ2n) is 8.61. The van der Waals surface area contributed by atoms with E-state index < -0.39 is 23.4 Å². The van der Waals surface area contributed by atoms with Crippen molar-refractivity contribution in [2.45, 2.75) is 18.4 Å². The molecule has 2 saturated heterocycles. The van der Waals surface area contributed by atoms with Crippen LogP contribution in [-0.4, -0.2) is 44.9 Å². The van der Waals surface area contributed by atoms with Gasteiger partial charge in [-0.1, -0.05) is 0 Å². The van der Waals surface area contributed by atoms with Crippen molar-refractivity contribution in [3.8, 4) is 34.3 Å². The Kier molecular flexibility index (Phi) is 5.37. The molecule has 0 aliphatic carbocycles. The molecule has 2 fully saturated rings. The minimum absolute atomic E-state index is 0.303. The van der Waals surface area contributed by atoms with Crippen molar-refractivity contribution in [2.24, 2.45) is 0 Å². The first-order valence-electron chi connectivity index (χ1n) is 11.6. The summed E-state index contributed by atoms with van der Waals surface area (Å²) < 4.78 is 11.5. The summed E-state index contributed by atoms with van der Waals surface area (Å²) in [5.74, 6) is 0.153. The lowest BCUT2D eigenvalue weighted by atomic mass is 9.92. The van der Waals surface area contributed by atoms with Crippen molar-refractivity contribution in [2.75, 3.05) is 11.4 Å². The van der Waals surface area contributed by atoms with Crippen LogP contribution < -0.4 is 20.3 Å². The predicted octanol–water partition coefficient (Wildman–Crippen LogP) is 3.30. The van der Waals surface area contributed by atoms with E-state index in [0.29, 0.717) is 48.3 Å². The summed E-state index contributed by atoms with van der Waals surface area (Å²) in [4.78, 5) is 51.4. The zero-order valence-electron chi connectivity index (χ0n) is 19.4. The number of benzene rings is 1. The number of imide groups is 2. The van der Waals surface area contributed by atoms with Crippen molar-refractivity contribution >= 4 is 23.5 Å². The first kappa shape index (κ1) is 22.4. The Balaban J connectivity index is 1.16. The average Bonchev–Trinajstić information content (AvgIpc) is 3.58. The Morgan fingerprint density at radius 3 is 2.46 bits per heavy atom. The summed E-state index contributed by atoms with van der Waals surface area (Å²) in [6, 6.07) is 13.6. The maximum atomic E-state index is 12.6. The zero-order valence-corrected chi connectivity index (χ0v) is 19.4. The van der Waals surface area contributed by atoms with Crippen molar-refractivity contribution in [3.05, 3.63) is 73.4 Å². The summed E-state index contributed by atoms with van der Waals surface area (Å²) in [5, 5.41) is 4.40. The number of carbonyl (C=O) groups excluding carboxylic acids is 3. The number of hydrogen-bond acceptors (Lipinski definition) is 9. The third-order valence-corrected chi connectivity index (χ3v) is 6.40. The molecule has 1 spiro atoms. The molecule has 0 atom stereocenters. The standard InChI is InChI=1S/C26H20N6O5/c33-23-26(24(34)31-25(35)30-23)10-2-12-32(26)18-6-9-21(28-14-18)37-19-7-4-16(5-8-19)20-15-36-22(29-20)17-3-1-11-27-13-17/h1,3-9,11,13-15H,2,10,12H2,(H2,30,31,33,34,35). The maximum Gasteiger partial charge on any atom is 0.328 e. The minimum atomic E-state index is -1.47. The number of urea groups is 1. The second-order valence-corrected chi connectivity index (χ2v) is 8.61. The average molecular weight is 496 g/mol. The molecule has 4 amide bonds. The Morgan fingerprint density at radius 1 is 0.946 bits per heavy atom. The van der Waals surface area contributed by atoms with Gasteiger partial charge >= 0.3 is 6.03 Å².